The van der Waals surface area contributed by atoms with Gasteiger partial charge in [-0.15, -0.1) is 11.3 Å². The third-order valence-electron chi connectivity index (χ3n) is 3.14. The fraction of sp³-hybridized carbons (Fsp3) is 0.545. The zero-order valence-corrected chi connectivity index (χ0v) is 9.85. The molecule has 88 valence electrons. The Morgan fingerprint density at radius 3 is 2.75 bits per heavy atom. The molecule has 1 aliphatic carbocycles. The Morgan fingerprint density at radius 2 is 2.25 bits per heavy atom. The summed E-state index contributed by atoms with van der Waals surface area (Å²) in [4.78, 5) is 12.5. The highest BCUT2D eigenvalue weighted by atomic mass is 32.1. The van der Waals surface area contributed by atoms with Gasteiger partial charge in [0.2, 0.25) is 0 Å². The van der Waals surface area contributed by atoms with Crippen molar-refractivity contribution in [1.82, 2.24) is 5.32 Å². The molecule has 2 rings (SSSR count). The van der Waals surface area contributed by atoms with Crippen molar-refractivity contribution in [3.8, 4) is 0 Å². The van der Waals surface area contributed by atoms with E-state index in [9.17, 15) is 9.90 Å². The molecule has 4 N–H and O–H groups in total. The summed E-state index contributed by atoms with van der Waals surface area (Å²) in [6.07, 6.45) is 3.81. The van der Waals surface area contributed by atoms with Gasteiger partial charge >= 0.3 is 0 Å². The van der Waals surface area contributed by atoms with Crippen LogP contribution < -0.4 is 11.1 Å². The predicted octanol–water partition coefficient (Wildman–Crippen LogP) is 1.37. The van der Waals surface area contributed by atoms with Crippen LogP contribution in [0, 0.1) is 0 Å². The van der Waals surface area contributed by atoms with Crippen molar-refractivity contribution in [2.45, 2.75) is 31.2 Å². The zero-order valence-electron chi connectivity index (χ0n) is 9.03. The Kier molecular flexibility index (Phi) is 3.16. The van der Waals surface area contributed by atoms with Crippen LogP contribution in [-0.4, -0.2) is 23.2 Å². The van der Waals surface area contributed by atoms with Gasteiger partial charge in [0.1, 0.15) is 4.88 Å². The van der Waals surface area contributed by atoms with Crippen molar-refractivity contribution in [3.63, 3.8) is 0 Å². The Labute approximate surface area is 98.5 Å². The Morgan fingerprint density at radius 1 is 1.56 bits per heavy atom. The first kappa shape index (κ1) is 11.4. The highest BCUT2D eigenvalue weighted by Crippen LogP contribution is 2.30. The first-order valence-electron chi connectivity index (χ1n) is 5.43. The minimum Gasteiger partial charge on any atom is -0.397 e. The number of hydrogen-bond donors (Lipinski definition) is 3. The number of aliphatic hydroxyl groups excluding tert-OH is 1. The summed E-state index contributed by atoms with van der Waals surface area (Å²) < 4.78 is 0. The number of nitrogens with two attached hydrogens (primary N) is 1. The highest BCUT2D eigenvalue weighted by molar-refractivity contribution is 7.12. The molecule has 1 aliphatic rings. The van der Waals surface area contributed by atoms with Crippen LogP contribution in [0.25, 0.3) is 0 Å². The molecule has 0 atom stereocenters. The fourth-order valence-corrected chi connectivity index (χ4v) is 2.89. The molecule has 1 heterocycles. The molecule has 1 amide bonds. The van der Waals surface area contributed by atoms with E-state index in [0.29, 0.717) is 10.6 Å². The number of amides is 1. The minimum absolute atomic E-state index is 0.00399. The average Bonchev–Trinajstić information content (AvgIpc) is 2.87. The van der Waals surface area contributed by atoms with Gasteiger partial charge in [0.15, 0.2) is 0 Å². The van der Waals surface area contributed by atoms with E-state index in [2.05, 4.69) is 5.32 Å². The third kappa shape index (κ3) is 2.05. The van der Waals surface area contributed by atoms with Gasteiger partial charge in [0, 0.05) is 0 Å². The fourth-order valence-electron chi connectivity index (χ4n) is 2.18. The summed E-state index contributed by atoms with van der Waals surface area (Å²) >= 11 is 1.33. The molecule has 5 heteroatoms. The molecule has 1 saturated carbocycles. The molecule has 1 aromatic rings. The molecular weight excluding hydrogens is 224 g/mol. The zero-order chi connectivity index (χ0) is 11.6. The summed E-state index contributed by atoms with van der Waals surface area (Å²) in [5, 5.41) is 14.1. The molecule has 0 spiro atoms. The van der Waals surface area contributed by atoms with Crippen molar-refractivity contribution in [1.29, 1.82) is 0 Å². The number of hydrogen-bond acceptors (Lipinski definition) is 4. The first-order valence-corrected chi connectivity index (χ1v) is 6.31. The van der Waals surface area contributed by atoms with Gasteiger partial charge in [-0.1, -0.05) is 12.8 Å². The van der Waals surface area contributed by atoms with Crippen molar-refractivity contribution in [3.05, 3.63) is 16.3 Å². The quantitative estimate of drug-likeness (QED) is 0.747. The Hall–Kier alpha value is -1.07. The maximum atomic E-state index is 12.0. The molecule has 0 aliphatic heterocycles. The molecule has 0 aromatic carbocycles. The summed E-state index contributed by atoms with van der Waals surface area (Å²) in [6.45, 7) is 0.00399. The van der Waals surface area contributed by atoms with Crippen LogP contribution in [0.15, 0.2) is 11.4 Å². The van der Waals surface area contributed by atoms with E-state index in [1.54, 1.807) is 11.4 Å². The van der Waals surface area contributed by atoms with Gasteiger partial charge in [-0.3, -0.25) is 4.79 Å². The van der Waals surface area contributed by atoms with Crippen LogP contribution in [-0.2, 0) is 0 Å². The molecule has 1 aromatic heterocycles. The number of anilines is 1. The van der Waals surface area contributed by atoms with E-state index in [-0.39, 0.29) is 12.5 Å². The van der Waals surface area contributed by atoms with E-state index < -0.39 is 5.54 Å². The van der Waals surface area contributed by atoms with E-state index in [1.807, 2.05) is 0 Å². The molecule has 16 heavy (non-hydrogen) atoms. The summed E-state index contributed by atoms with van der Waals surface area (Å²) in [5.74, 6) is -0.163. The van der Waals surface area contributed by atoms with Gasteiger partial charge in [-0.25, -0.2) is 0 Å². The largest absolute Gasteiger partial charge is 0.397 e. The normalized spacial score (nSPS) is 18.6. The van der Waals surface area contributed by atoms with Crippen LogP contribution in [0.4, 0.5) is 5.69 Å². The molecule has 0 radical (unpaired) electrons. The molecule has 0 unspecified atom stereocenters. The average molecular weight is 240 g/mol. The van der Waals surface area contributed by atoms with Gasteiger partial charge in [-0.05, 0) is 24.3 Å². The lowest BCUT2D eigenvalue weighted by Gasteiger charge is -2.27. The second-order valence-corrected chi connectivity index (χ2v) is 5.22. The van der Waals surface area contributed by atoms with Crippen molar-refractivity contribution < 1.29 is 9.90 Å². The van der Waals surface area contributed by atoms with E-state index in [0.717, 1.165) is 25.7 Å². The van der Waals surface area contributed by atoms with E-state index in [4.69, 9.17) is 5.73 Å². The minimum atomic E-state index is -0.423. The van der Waals surface area contributed by atoms with Crippen LogP contribution in [0.2, 0.25) is 0 Å². The Balaban J connectivity index is 2.09. The molecule has 4 nitrogen and oxygen atoms in total. The van der Waals surface area contributed by atoms with Gasteiger partial charge in [0.05, 0.1) is 17.8 Å². The van der Waals surface area contributed by atoms with E-state index >= 15 is 0 Å². The first-order chi connectivity index (χ1) is 7.67. The van der Waals surface area contributed by atoms with Gasteiger partial charge in [0.25, 0.3) is 5.91 Å². The smallest absolute Gasteiger partial charge is 0.263 e. The van der Waals surface area contributed by atoms with Crippen LogP contribution >= 0.6 is 11.3 Å². The summed E-state index contributed by atoms with van der Waals surface area (Å²) in [7, 11) is 0. The molecule has 0 saturated heterocycles. The summed E-state index contributed by atoms with van der Waals surface area (Å²) in [5.41, 5.74) is 5.77. The maximum Gasteiger partial charge on any atom is 0.263 e. The molecule has 1 fully saturated rings. The van der Waals surface area contributed by atoms with Gasteiger partial charge in [-0.2, -0.15) is 0 Å². The number of thiophene rings is 1. The SMILES string of the molecule is Nc1ccsc1C(=O)NC1(CO)CCCC1. The standard InChI is InChI=1S/C11H16N2O2S/c12-8-3-6-16-9(8)10(15)13-11(7-14)4-1-2-5-11/h3,6,14H,1-2,4-5,7,12H2,(H,13,15). The number of carbonyl (C=O) groups is 1. The number of nitrogen functional groups attached to an aromatic ring is 1. The summed E-state index contributed by atoms with van der Waals surface area (Å²) in [6, 6.07) is 1.72. The highest BCUT2D eigenvalue weighted by Gasteiger charge is 2.35. The number of nitrogens with one attached hydrogen (secondary N) is 1. The van der Waals surface area contributed by atoms with Crippen LogP contribution in [0.3, 0.4) is 0 Å². The molecule has 0 bridgehead atoms. The third-order valence-corrected chi connectivity index (χ3v) is 4.07. The van der Waals surface area contributed by atoms with Crippen molar-refractivity contribution in [2.24, 2.45) is 0 Å². The van der Waals surface area contributed by atoms with Gasteiger partial charge < -0.3 is 16.2 Å². The lowest BCUT2D eigenvalue weighted by atomic mass is 9.99. The molecular formula is C11H16N2O2S. The second-order valence-electron chi connectivity index (χ2n) is 4.30. The number of rotatable bonds is 3. The van der Waals surface area contributed by atoms with Crippen molar-refractivity contribution >= 4 is 22.9 Å². The second kappa shape index (κ2) is 4.43. The number of carbonyl (C=O) groups excluding carboxylic acids is 1. The monoisotopic (exact) mass is 240 g/mol. The maximum absolute atomic E-state index is 12.0. The van der Waals surface area contributed by atoms with Crippen molar-refractivity contribution in [2.75, 3.05) is 12.3 Å². The topological polar surface area (TPSA) is 75.4 Å². The number of aliphatic hydroxyl groups is 1. The lowest BCUT2D eigenvalue weighted by Crippen LogP contribution is -2.49. The van der Waals surface area contributed by atoms with Crippen LogP contribution in [0.1, 0.15) is 35.4 Å². The van der Waals surface area contributed by atoms with E-state index in [1.165, 1.54) is 11.3 Å². The predicted molar refractivity (Wildman–Crippen MR) is 64.5 cm³/mol. The van der Waals surface area contributed by atoms with Crippen LogP contribution in [0.5, 0.6) is 0 Å². The lowest BCUT2D eigenvalue weighted by molar-refractivity contribution is 0.0843. The Bertz CT molecular complexity index is 383.